The van der Waals surface area contributed by atoms with Crippen LogP contribution < -0.4 is 0 Å². The number of carbonyl (C=O) groups excluding carboxylic acids is 1. The molecule has 1 atom stereocenters. The summed E-state index contributed by atoms with van der Waals surface area (Å²) in [6, 6.07) is 0. The highest BCUT2D eigenvalue weighted by Crippen LogP contribution is 2.24. The molecule has 1 aliphatic heterocycles. The van der Waals surface area contributed by atoms with E-state index >= 15 is 0 Å². The summed E-state index contributed by atoms with van der Waals surface area (Å²) in [7, 11) is 0. The Kier molecular flexibility index (Phi) is 1.05. The van der Waals surface area contributed by atoms with Crippen LogP contribution >= 0.6 is 11.6 Å². The molecule has 0 N–H and O–H groups in total. The Morgan fingerprint density at radius 2 is 2.57 bits per heavy atom. The maximum Gasteiger partial charge on any atom is 0.160 e. The van der Waals surface area contributed by atoms with E-state index in [1.807, 2.05) is 0 Å². The van der Waals surface area contributed by atoms with Gasteiger partial charge in [-0.05, 0) is 0 Å². The highest BCUT2D eigenvalue weighted by Gasteiger charge is 2.43. The second kappa shape index (κ2) is 1.46. The fraction of sp³-hybridized carbons (Fsp3) is 0.750. The van der Waals surface area contributed by atoms with Crippen molar-refractivity contribution in [1.82, 2.24) is 0 Å². The van der Waals surface area contributed by atoms with Gasteiger partial charge in [0.05, 0.1) is 12.5 Å². The monoisotopic (exact) mass is 120 g/mol. The first kappa shape index (κ1) is 5.06. The van der Waals surface area contributed by atoms with Crippen molar-refractivity contribution in [3.05, 3.63) is 0 Å². The van der Waals surface area contributed by atoms with Crippen molar-refractivity contribution in [2.24, 2.45) is 0 Å². The average Bonchev–Trinajstić information content (AvgIpc) is 2.46. The van der Waals surface area contributed by atoms with Crippen molar-refractivity contribution in [3.63, 3.8) is 0 Å². The van der Waals surface area contributed by atoms with Gasteiger partial charge in [-0.1, -0.05) is 0 Å². The second-order valence-corrected chi connectivity index (χ2v) is 1.87. The number of ether oxygens (including phenoxy) is 1. The first-order valence-corrected chi connectivity index (χ1v) is 2.53. The zero-order valence-electron chi connectivity index (χ0n) is 3.69. The Balaban J connectivity index is 2.42. The first-order chi connectivity index (χ1) is 3.33. The van der Waals surface area contributed by atoms with Crippen molar-refractivity contribution in [2.75, 3.05) is 12.5 Å². The summed E-state index contributed by atoms with van der Waals surface area (Å²) in [6.07, 6.45) is 0.750. The van der Waals surface area contributed by atoms with Gasteiger partial charge in [0.15, 0.2) is 11.9 Å². The van der Waals surface area contributed by atoms with Gasteiger partial charge < -0.3 is 4.74 Å². The molecule has 0 spiro atoms. The molecule has 0 aromatic rings. The summed E-state index contributed by atoms with van der Waals surface area (Å²) in [5.41, 5.74) is -0.582. The molecule has 0 aromatic carbocycles. The molecule has 1 heterocycles. The summed E-state index contributed by atoms with van der Waals surface area (Å²) < 4.78 is 4.69. The van der Waals surface area contributed by atoms with Crippen LogP contribution in [0.4, 0.5) is 0 Å². The van der Waals surface area contributed by atoms with Crippen LogP contribution in [-0.4, -0.2) is 24.4 Å². The molecule has 1 aliphatic rings. The van der Waals surface area contributed by atoms with E-state index in [1.165, 1.54) is 0 Å². The van der Waals surface area contributed by atoms with E-state index in [4.69, 9.17) is 16.3 Å². The zero-order chi connectivity index (χ0) is 5.33. The van der Waals surface area contributed by atoms with E-state index in [9.17, 15) is 4.79 Å². The largest absolute Gasteiger partial charge is 0.360 e. The van der Waals surface area contributed by atoms with Gasteiger partial charge in [-0.15, -0.1) is 11.6 Å². The molecule has 0 radical (unpaired) electrons. The molecule has 7 heavy (non-hydrogen) atoms. The predicted molar refractivity (Wildman–Crippen MR) is 25.5 cm³/mol. The predicted octanol–water partition coefficient (Wildman–Crippen LogP) is 0.193. The highest BCUT2D eigenvalue weighted by molar-refractivity contribution is 6.20. The molecule has 1 saturated heterocycles. The fourth-order valence-electron chi connectivity index (χ4n) is 0.269. The van der Waals surface area contributed by atoms with Crippen LogP contribution in [0, 0.1) is 0 Å². The van der Waals surface area contributed by atoms with Crippen LogP contribution in [0.3, 0.4) is 0 Å². The summed E-state index contributed by atoms with van der Waals surface area (Å²) in [5, 5.41) is 0. The third-order valence-corrected chi connectivity index (χ3v) is 1.41. The lowest BCUT2D eigenvalue weighted by molar-refractivity contribution is -0.111. The number of aldehydes is 1. The third kappa shape index (κ3) is 0.763. The zero-order valence-corrected chi connectivity index (χ0v) is 4.44. The minimum Gasteiger partial charge on any atom is -0.360 e. The van der Waals surface area contributed by atoms with Gasteiger partial charge in [0.1, 0.15) is 0 Å². The Morgan fingerprint density at radius 3 is 2.57 bits per heavy atom. The van der Waals surface area contributed by atoms with Crippen LogP contribution in [0.2, 0.25) is 0 Å². The Hall–Kier alpha value is -0.0800. The molecule has 1 unspecified atom stereocenters. The van der Waals surface area contributed by atoms with Crippen LogP contribution in [0.25, 0.3) is 0 Å². The van der Waals surface area contributed by atoms with Crippen molar-refractivity contribution >= 4 is 17.9 Å². The van der Waals surface area contributed by atoms with Crippen molar-refractivity contribution < 1.29 is 9.53 Å². The lowest BCUT2D eigenvalue weighted by Gasteiger charge is -1.89. The number of rotatable bonds is 2. The van der Waals surface area contributed by atoms with Crippen molar-refractivity contribution in [3.8, 4) is 0 Å². The lowest BCUT2D eigenvalue weighted by atomic mass is 10.2. The number of hydrogen-bond donors (Lipinski definition) is 0. The van der Waals surface area contributed by atoms with Crippen LogP contribution in [0.5, 0.6) is 0 Å². The molecule has 2 nitrogen and oxygen atoms in total. The van der Waals surface area contributed by atoms with E-state index in [-0.39, 0.29) is 5.88 Å². The fourth-order valence-corrected chi connectivity index (χ4v) is 0.487. The standard InChI is InChI=1S/C4H5ClO2/c5-1-4(2-6)3-7-4/h2H,1,3H2. The van der Waals surface area contributed by atoms with E-state index in [0.717, 1.165) is 6.29 Å². The molecule has 0 bridgehead atoms. The number of halogens is 1. The number of carbonyl (C=O) groups is 1. The lowest BCUT2D eigenvalue weighted by Crippen LogP contribution is -2.13. The molecular weight excluding hydrogens is 115 g/mol. The minimum absolute atomic E-state index is 0.288. The van der Waals surface area contributed by atoms with E-state index in [2.05, 4.69) is 0 Å². The van der Waals surface area contributed by atoms with Gasteiger partial charge in [0.2, 0.25) is 0 Å². The third-order valence-electron chi connectivity index (χ3n) is 0.956. The Bertz CT molecular complexity index is 87.7. The smallest absolute Gasteiger partial charge is 0.160 e. The Morgan fingerprint density at radius 1 is 2.00 bits per heavy atom. The van der Waals surface area contributed by atoms with E-state index in [0.29, 0.717) is 6.61 Å². The molecule has 1 fully saturated rings. The molecule has 0 aromatic heterocycles. The Labute approximate surface area is 46.4 Å². The molecule has 3 heteroatoms. The maximum absolute atomic E-state index is 9.91. The molecule has 0 amide bonds. The normalized spacial score (nSPS) is 37.9. The molecule has 0 saturated carbocycles. The average molecular weight is 121 g/mol. The first-order valence-electron chi connectivity index (χ1n) is 1.99. The van der Waals surface area contributed by atoms with Crippen LogP contribution in [0.15, 0.2) is 0 Å². The molecular formula is C4H5ClO2. The summed E-state index contributed by atoms with van der Waals surface area (Å²) in [6.45, 7) is 0.500. The molecule has 40 valence electrons. The van der Waals surface area contributed by atoms with Gasteiger partial charge in [-0.2, -0.15) is 0 Å². The van der Waals surface area contributed by atoms with Crippen molar-refractivity contribution in [1.29, 1.82) is 0 Å². The summed E-state index contributed by atoms with van der Waals surface area (Å²) >= 11 is 5.30. The second-order valence-electron chi connectivity index (χ2n) is 1.60. The van der Waals surface area contributed by atoms with Gasteiger partial charge in [0.25, 0.3) is 0 Å². The topological polar surface area (TPSA) is 29.6 Å². The van der Waals surface area contributed by atoms with E-state index in [1.54, 1.807) is 0 Å². The molecule has 0 aliphatic carbocycles. The SMILES string of the molecule is O=CC1(CCl)CO1. The summed E-state index contributed by atoms with van der Waals surface area (Å²) in [4.78, 5) is 9.91. The van der Waals surface area contributed by atoms with Gasteiger partial charge >= 0.3 is 0 Å². The van der Waals surface area contributed by atoms with Crippen LogP contribution in [0.1, 0.15) is 0 Å². The van der Waals surface area contributed by atoms with Gasteiger partial charge in [0, 0.05) is 0 Å². The summed E-state index contributed by atoms with van der Waals surface area (Å²) in [5.74, 6) is 0.288. The number of hydrogen-bond acceptors (Lipinski definition) is 2. The number of alkyl halides is 1. The van der Waals surface area contributed by atoms with E-state index < -0.39 is 5.60 Å². The van der Waals surface area contributed by atoms with Crippen LogP contribution in [-0.2, 0) is 9.53 Å². The van der Waals surface area contributed by atoms with Gasteiger partial charge in [-0.25, -0.2) is 0 Å². The minimum atomic E-state index is -0.582. The van der Waals surface area contributed by atoms with Crippen molar-refractivity contribution in [2.45, 2.75) is 5.60 Å². The quantitative estimate of drug-likeness (QED) is 0.296. The highest BCUT2D eigenvalue weighted by atomic mass is 35.5. The molecule has 1 rings (SSSR count). The number of epoxide rings is 1. The maximum atomic E-state index is 9.91. The van der Waals surface area contributed by atoms with Gasteiger partial charge in [-0.3, -0.25) is 4.79 Å².